The molecule has 3 atom stereocenters. The Morgan fingerprint density at radius 3 is 2.13 bits per heavy atom. The molecule has 0 aliphatic carbocycles. The van der Waals surface area contributed by atoms with Crippen molar-refractivity contribution >= 4 is 33.4 Å². The molecule has 202 valence electrons. The van der Waals surface area contributed by atoms with Gasteiger partial charge in [0.15, 0.2) is 6.10 Å². The quantitative estimate of drug-likeness (QED) is 0.269. The number of benzene rings is 2. The topological polar surface area (TPSA) is 85.7 Å². The fourth-order valence-electron chi connectivity index (χ4n) is 5.21. The predicted molar refractivity (Wildman–Crippen MR) is 148 cm³/mol. The van der Waals surface area contributed by atoms with E-state index in [-0.39, 0.29) is 28.1 Å². The molecule has 2 aromatic carbocycles. The molecular weight excluding hydrogens is 524 g/mol. The zero-order chi connectivity index (χ0) is 27.8. The van der Waals surface area contributed by atoms with Crippen molar-refractivity contribution < 1.29 is 22.7 Å². The summed E-state index contributed by atoms with van der Waals surface area (Å²) in [6.07, 6.45) is -0.0278. The number of carbonyl (C=O) groups is 2. The lowest BCUT2D eigenvalue weighted by Crippen LogP contribution is -2.42. The molecule has 0 radical (unpaired) electrons. The fourth-order valence-corrected chi connectivity index (χ4v) is 7.02. The zero-order valence-corrected chi connectivity index (χ0v) is 23.8. The Labute approximate surface area is 229 Å². The number of esters is 1. The first-order valence-electron chi connectivity index (χ1n) is 12.7. The maximum absolute atomic E-state index is 13.2. The summed E-state index contributed by atoms with van der Waals surface area (Å²) in [5.74, 6) is -0.435. The highest BCUT2D eigenvalue weighted by Crippen LogP contribution is 2.27. The molecule has 38 heavy (non-hydrogen) atoms. The third-order valence-corrected chi connectivity index (χ3v) is 9.10. The first-order chi connectivity index (χ1) is 17.9. The van der Waals surface area contributed by atoms with Crippen molar-refractivity contribution in [1.82, 2.24) is 8.87 Å². The van der Waals surface area contributed by atoms with Gasteiger partial charge in [-0.05, 0) is 93.6 Å². The summed E-state index contributed by atoms with van der Waals surface area (Å²) in [6.45, 7) is 10.3. The Morgan fingerprint density at radius 2 is 1.55 bits per heavy atom. The fraction of sp³-hybridized carbons (Fsp3) is 0.379. The average molecular weight is 557 g/mol. The van der Waals surface area contributed by atoms with Crippen LogP contribution in [0.1, 0.15) is 59.3 Å². The summed E-state index contributed by atoms with van der Waals surface area (Å²) in [7, 11) is -3.66. The number of piperidine rings is 1. The van der Waals surface area contributed by atoms with Gasteiger partial charge in [-0.25, -0.2) is 13.2 Å². The van der Waals surface area contributed by atoms with Gasteiger partial charge in [0.2, 0.25) is 15.8 Å². The Hall–Kier alpha value is -2.94. The largest absolute Gasteiger partial charge is 0.451 e. The molecule has 1 fully saturated rings. The molecule has 0 bridgehead atoms. The number of aromatic nitrogens is 1. The van der Waals surface area contributed by atoms with Crippen LogP contribution in [0.2, 0.25) is 5.02 Å². The Bertz CT molecular complexity index is 1440. The van der Waals surface area contributed by atoms with E-state index < -0.39 is 22.1 Å². The number of sulfonamides is 1. The number of halogens is 1. The smallest absolute Gasteiger partial charge is 0.338 e. The van der Waals surface area contributed by atoms with Gasteiger partial charge in [0, 0.05) is 40.8 Å². The molecule has 4 rings (SSSR count). The zero-order valence-electron chi connectivity index (χ0n) is 22.3. The molecule has 3 aromatic rings. The van der Waals surface area contributed by atoms with Gasteiger partial charge >= 0.3 is 5.97 Å². The Morgan fingerprint density at radius 1 is 0.974 bits per heavy atom. The van der Waals surface area contributed by atoms with Gasteiger partial charge in [-0.2, -0.15) is 4.31 Å². The molecule has 1 aromatic heterocycles. The summed E-state index contributed by atoms with van der Waals surface area (Å²) in [5.41, 5.74) is 3.10. The van der Waals surface area contributed by atoms with E-state index in [1.807, 2.05) is 30.5 Å². The highest BCUT2D eigenvalue weighted by Gasteiger charge is 2.32. The minimum absolute atomic E-state index is 0.133. The van der Waals surface area contributed by atoms with Gasteiger partial charge in [0.1, 0.15) is 0 Å². The van der Waals surface area contributed by atoms with Gasteiger partial charge in [0.25, 0.3) is 0 Å². The molecule has 2 heterocycles. The summed E-state index contributed by atoms with van der Waals surface area (Å²) >= 11 is 6.01. The first-order valence-corrected chi connectivity index (χ1v) is 14.5. The van der Waals surface area contributed by atoms with E-state index in [1.54, 1.807) is 18.2 Å². The minimum Gasteiger partial charge on any atom is -0.451 e. The van der Waals surface area contributed by atoms with E-state index in [1.165, 1.54) is 35.5 Å². The number of Topliss-reactive ketones (excluding diaryl/α,β-unsaturated/α-hetero) is 1. The van der Waals surface area contributed by atoms with Crippen LogP contribution in [0.5, 0.6) is 0 Å². The maximum atomic E-state index is 13.2. The number of ketones is 1. The number of nitrogens with zero attached hydrogens (tertiary/aromatic N) is 2. The molecule has 0 amide bonds. The molecule has 1 saturated heterocycles. The van der Waals surface area contributed by atoms with Crippen LogP contribution in [0.4, 0.5) is 0 Å². The predicted octanol–water partition coefficient (Wildman–Crippen LogP) is 5.84. The number of hydrogen-bond acceptors (Lipinski definition) is 5. The molecule has 1 aliphatic rings. The third-order valence-electron chi connectivity index (χ3n) is 7.00. The molecule has 0 saturated carbocycles. The van der Waals surface area contributed by atoms with Crippen LogP contribution in [-0.4, -0.2) is 48.2 Å². The number of rotatable bonds is 7. The Kier molecular flexibility index (Phi) is 8.16. The van der Waals surface area contributed by atoms with Crippen LogP contribution in [0.3, 0.4) is 0 Å². The van der Waals surface area contributed by atoms with Crippen LogP contribution in [0.25, 0.3) is 5.69 Å². The van der Waals surface area contributed by atoms with Crippen LogP contribution in [0.15, 0.2) is 59.5 Å². The van der Waals surface area contributed by atoms with Crippen molar-refractivity contribution in [2.75, 3.05) is 13.1 Å². The SMILES string of the molecule is Cc1cc(C(=O)[C@@H](C)OC(=O)c2ccc(S(=O)(=O)N3C[C@H](C)C[C@H](C)C3)cc2)c(C)n1-c1ccc(Cl)cc1. The highest BCUT2D eigenvalue weighted by molar-refractivity contribution is 7.89. The van der Waals surface area contributed by atoms with E-state index in [0.29, 0.717) is 23.7 Å². The second kappa shape index (κ2) is 11.0. The van der Waals surface area contributed by atoms with Crippen molar-refractivity contribution in [3.8, 4) is 5.69 Å². The second-order valence-corrected chi connectivity index (χ2v) is 12.7. The molecule has 0 unspecified atom stereocenters. The van der Waals surface area contributed by atoms with Crippen molar-refractivity contribution in [3.63, 3.8) is 0 Å². The van der Waals surface area contributed by atoms with Crippen molar-refractivity contribution in [1.29, 1.82) is 0 Å². The summed E-state index contributed by atoms with van der Waals surface area (Å²) in [5, 5.41) is 0.620. The van der Waals surface area contributed by atoms with Gasteiger partial charge < -0.3 is 9.30 Å². The summed E-state index contributed by atoms with van der Waals surface area (Å²) < 4.78 is 35.2. The highest BCUT2D eigenvalue weighted by atomic mass is 35.5. The molecule has 9 heteroatoms. The van der Waals surface area contributed by atoms with E-state index in [2.05, 4.69) is 13.8 Å². The molecule has 7 nitrogen and oxygen atoms in total. The molecular formula is C29H33ClN2O5S. The van der Waals surface area contributed by atoms with Crippen molar-refractivity contribution in [2.45, 2.75) is 52.0 Å². The summed E-state index contributed by atoms with van der Waals surface area (Å²) in [4.78, 5) is 26.1. The average Bonchev–Trinajstić information content (AvgIpc) is 3.17. The monoisotopic (exact) mass is 556 g/mol. The van der Waals surface area contributed by atoms with E-state index in [9.17, 15) is 18.0 Å². The van der Waals surface area contributed by atoms with Crippen LogP contribution >= 0.6 is 11.6 Å². The number of aryl methyl sites for hydroxylation is 1. The number of ether oxygens (including phenoxy) is 1. The Balaban J connectivity index is 1.46. The lowest BCUT2D eigenvalue weighted by atomic mass is 9.94. The van der Waals surface area contributed by atoms with Gasteiger partial charge in [-0.15, -0.1) is 0 Å². The van der Waals surface area contributed by atoms with Gasteiger partial charge in [-0.3, -0.25) is 4.79 Å². The van der Waals surface area contributed by atoms with Crippen LogP contribution in [-0.2, 0) is 14.8 Å². The number of carbonyl (C=O) groups excluding carboxylic acids is 2. The molecule has 0 N–H and O–H groups in total. The maximum Gasteiger partial charge on any atom is 0.338 e. The van der Waals surface area contributed by atoms with E-state index in [4.69, 9.17) is 16.3 Å². The number of hydrogen-bond donors (Lipinski definition) is 0. The van der Waals surface area contributed by atoms with Crippen molar-refractivity contribution in [2.24, 2.45) is 11.8 Å². The normalized spacial score (nSPS) is 19.2. The van der Waals surface area contributed by atoms with E-state index >= 15 is 0 Å². The lowest BCUT2D eigenvalue weighted by molar-refractivity contribution is 0.0318. The molecule has 0 spiro atoms. The third kappa shape index (κ3) is 5.72. The van der Waals surface area contributed by atoms with E-state index in [0.717, 1.165) is 23.5 Å². The van der Waals surface area contributed by atoms with Gasteiger partial charge in [0.05, 0.1) is 10.5 Å². The second-order valence-electron chi connectivity index (χ2n) is 10.3. The lowest BCUT2D eigenvalue weighted by Gasteiger charge is -2.34. The van der Waals surface area contributed by atoms with Crippen LogP contribution < -0.4 is 0 Å². The molecule has 1 aliphatic heterocycles. The van der Waals surface area contributed by atoms with Crippen molar-refractivity contribution in [3.05, 3.63) is 82.1 Å². The van der Waals surface area contributed by atoms with Gasteiger partial charge in [-0.1, -0.05) is 25.4 Å². The summed E-state index contributed by atoms with van der Waals surface area (Å²) in [6, 6.07) is 14.8. The minimum atomic E-state index is -3.66. The first kappa shape index (κ1) is 28.1. The van der Waals surface area contributed by atoms with Crippen LogP contribution in [0, 0.1) is 25.7 Å². The standard InChI is InChI=1S/C29H33ClN2O5S/c1-18-14-19(2)17-31(16-18)38(35,36)26-12-6-23(7-13-26)29(34)37-22(5)28(33)27-15-20(3)32(21(27)4)25-10-8-24(30)9-11-25/h6-13,15,18-19,22H,14,16-17H2,1-5H3/t18-,19+,22-/m1/s1.